The van der Waals surface area contributed by atoms with E-state index in [1.54, 1.807) is 48.7 Å². The number of nitrogens with zero attached hydrogens (tertiary/aromatic N) is 2. The highest BCUT2D eigenvalue weighted by molar-refractivity contribution is 7.22. The summed E-state index contributed by atoms with van der Waals surface area (Å²) in [4.78, 5) is 17.4. The number of benzene rings is 3. The molecule has 3 aromatic carbocycles. The van der Waals surface area contributed by atoms with Gasteiger partial charge in [-0.05, 0) is 96.1 Å². The van der Waals surface area contributed by atoms with Crippen molar-refractivity contribution in [1.82, 2.24) is 4.98 Å². The fraction of sp³-hybridized carbons (Fsp3) is 0.276. The molecule has 0 bridgehead atoms. The minimum absolute atomic E-state index is 0.327. The first-order chi connectivity index (χ1) is 17.4. The van der Waals surface area contributed by atoms with E-state index in [1.807, 2.05) is 65.8 Å². The molecule has 0 saturated heterocycles. The monoisotopic (exact) mass is 517 g/mol. The van der Waals surface area contributed by atoms with Crippen molar-refractivity contribution in [3.63, 3.8) is 0 Å². The zero-order valence-electron chi connectivity index (χ0n) is 21.9. The van der Waals surface area contributed by atoms with Crippen LogP contribution in [-0.4, -0.2) is 28.4 Å². The van der Waals surface area contributed by atoms with Gasteiger partial charge in [-0.15, -0.1) is 0 Å². The van der Waals surface area contributed by atoms with Gasteiger partial charge in [-0.2, -0.15) is 5.10 Å². The van der Waals surface area contributed by atoms with Gasteiger partial charge >= 0.3 is 5.97 Å². The number of para-hydroxylation sites is 1. The zero-order chi connectivity index (χ0) is 26.6. The van der Waals surface area contributed by atoms with Crippen LogP contribution in [0.1, 0.15) is 57.5 Å². The summed E-state index contributed by atoms with van der Waals surface area (Å²) in [6, 6.07) is 20.0. The van der Waals surface area contributed by atoms with Crippen LogP contribution >= 0.6 is 11.3 Å². The fourth-order valence-corrected chi connectivity index (χ4v) is 4.20. The molecule has 1 aromatic heterocycles. The van der Waals surface area contributed by atoms with Crippen molar-refractivity contribution in [1.29, 1.82) is 0 Å². The maximum Gasteiger partial charge on any atom is 0.343 e. The second-order valence-corrected chi connectivity index (χ2v) is 11.4. The van der Waals surface area contributed by atoms with Crippen LogP contribution in [0.5, 0.6) is 17.2 Å². The van der Waals surface area contributed by atoms with Gasteiger partial charge in [0.2, 0.25) is 5.13 Å². The second kappa shape index (κ2) is 10.6. The molecule has 37 heavy (non-hydrogen) atoms. The Morgan fingerprint density at radius 3 is 2.22 bits per heavy atom. The molecular formula is C29H31N3O4S. The van der Waals surface area contributed by atoms with E-state index in [2.05, 4.69) is 15.5 Å². The minimum atomic E-state index is -0.486. The quantitative estimate of drug-likeness (QED) is 0.120. The smallest absolute Gasteiger partial charge is 0.343 e. The van der Waals surface area contributed by atoms with E-state index in [1.165, 1.54) is 11.3 Å². The van der Waals surface area contributed by atoms with Crippen molar-refractivity contribution in [2.75, 3.05) is 5.43 Å². The molecule has 1 N–H and O–H groups in total. The molecule has 192 valence electrons. The number of nitrogens with one attached hydrogen (secondary N) is 1. The molecule has 8 heteroatoms. The van der Waals surface area contributed by atoms with Gasteiger partial charge in [0.15, 0.2) is 0 Å². The first kappa shape index (κ1) is 26.2. The number of esters is 1. The predicted molar refractivity (Wildman–Crippen MR) is 149 cm³/mol. The van der Waals surface area contributed by atoms with E-state index in [4.69, 9.17) is 14.2 Å². The van der Waals surface area contributed by atoms with E-state index in [-0.39, 0.29) is 11.2 Å². The number of hydrogen-bond acceptors (Lipinski definition) is 8. The van der Waals surface area contributed by atoms with Crippen molar-refractivity contribution < 1.29 is 19.0 Å². The Morgan fingerprint density at radius 2 is 1.54 bits per heavy atom. The second-order valence-electron chi connectivity index (χ2n) is 10.4. The van der Waals surface area contributed by atoms with Gasteiger partial charge in [-0.25, -0.2) is 9.78 Å². The molecule has 4 aromatic rings. The molecule has 0 spiro atoms. The SMILES string of the molecule is CC(C)(C)Oc1ccc(C(=O)Oc2ccc(OC(C)(C)C)cc2/C=N/Nc2nc3ccccc3s2)cc1. The Bertz CT molecular complexity index is 1380. The normalized spacial score (nSPS) is 12.1. The summed E-state index contributed by atoms with van der Waals surface area (Å²) in [5.41, 5.74) is 4.15. The lowest BCUT2D eigenvalue weighted by Gasteiger charge is -2.22. The number of ether oxygens (including phenoxy) is 3. The molecule has 0 aliphatic carbocycles. The maximum absolute atomic E-state index is 12.9. The van der Waals surface area contributed by atoms with E-state index in [0.717, 1.165) is 10.2 Å². The summed E-state index contributed by atoms with van der Waals surface area (Å²) in [5, 5.41) is 5.00. The number of carbonyl (C=O) groups is 1. The lowest BCUT2D eigenvalue weighted by Crippen LogP contribution is -2.23. The number of carbonyl (C=O) groups excluding carboxylic acids is 1. The Labute approximate surface area is 221 Å². The number of hydrazone groups is 1. The molecule has 0 atom stereocenters. The number of fused-ring (bicyclic) bond motifs is 1. The fourth-order valence-electron chi connectivity index (χ4n) is 3.39. The molecule has 1 heterocycles. The van der Waals surface area contributed by atoms with Crippen LogP contribution < -0.4 is 19.6 Å². The first-order valence-electron chi connectivity index (χ1n) is 11.9. The van der Waals surface area contributed by atoms with Crippen LogP contribution in [0.4, 0.5) is 5.13 Å². The Hall–Kier alpha value is -3.91. The summed E-state index contributed by atoms with van der Waals surface area (Å²) >= 11 is 1.50. The number of thiazole rings is 1. The Balaban J connectivity index is 1.54. The summed E-state index contributed by atoms with van der Waals surface area (Å²) in [7, 11) is 0. The third-order valence-electron chi connectivity index (χ3n) is 4.78. The number of anilines is 1. The molecule has 7 nitrogen and oxygen atoms in total. The molecule has 4 rings (SSSR count). The average molecular weight is 518 g/mol. The van der Waals surface area contributed by atoms with Crippen molar-refractivity contribution in [2.45, 2.75) is 52.7 Å². The Morgan fingerprint density at radius 1 is 0.892 bits per heavy atom. The lowest BCUT2D eigenvalue weighted by molar-refractivity contribution is 0.0733. The van der Waals surface area contributed by atoms with Crippen LogP contribution in [0.15, 0.2) is 71.8 Å². The molecule has 0 amide bonds. The van der Waals surface area contributed by atoms with Gasteiger partial charge in [0.1, 0.15) is 28.5 Å². The van der Waals surface area contributed by atoms with Crippen LogP contribution in [0.3, 0.4) is 0 Å². The van der Waals surface area contributed by atoms with Crippen LogP contribution in [0, 0.1) is 0 Å². The highest BCUT2D eigenvalue weighted by Gasteiger charge is 2.17. The zero-order valence-corrected chi connectivity index (χ0v) is 22.7. The van der Waals surface area contributed by atoms with Gasteiger partial charge in [-0.3, -0.25) is 5.43 Å². The topological polar surface area (TPSA) is 82.0 Å². The summed E-state index contributed by atoms with van der Waals surface area (Å²) in [6.45, 7) is 11.8. The third kappa shape index (κ3) is 7.54. The maximum atomic E-state index is 12.9. The molecule has 0 fully saturated rings. The third-order valence-corrected chi connectivity index (χ3v) is 5.72. The number of aromatic nitrogens is 1. The van der Waals surface area contributed by atoms with Gasteiger partial charge in [-0.1, -0.05) is 23.5 Å². The van der Waals surface area contributed by atoms with Gasteiger partial charge < -0.3 is 14.2 Å². The molecule has 0 aliphatic heterocycles. The van der Waals surface area contributed by atoms with E-state index >= 15 is 0 Å². The van der Waals surface area contributed by atoms with Crippen LogP contribution in [0.2, 0.25) is 0 Å². The molecule has 0 saturated carbocycles. The highest BCUT2D eigenvalue weighted by atomic mass is 32.1. The molecular weight excluding hydrogens is 486 g/mol. The van der Waals surface area contributed by atoms with Crippen molar-refractivity contribution in [3.8, 4) is 17.2 Å². The summed E-state index contributed by atoms with van der Waals surface area (Å²) in [5.74, 6) is 1.19. The van der Waals surface area contributed by atoms with Gasteiger partial charge in [0.05, 0.1) is 22.0 Å². The van der Waals surface area contributed by atoms with E-state index < -0.39 is 5.97 Å². The van der Waals surface area contributed by atoms with Crippen molar-refractivity contribution >= 4 is 38.9 Å². The largest absolute Gasteiger partial charge is 0.488 e. The molecule has 0 aliphatic rings. The van der Waals surface area contributed by atoms with Gasteiger partial charge in [0, 0.05) is 5.56 Å². The van der Waals surface area contributed by atoms with E-state index in [0.29, 0.717) is 33.5 Å². The van der Waals surface area contributed by atoms with E-state index in [9.17, 15) is 4.79 Å². The lowest BCUT2D eigenvalue weighted by atomic mass is 10.1. The van der Waals surface area contributed by atoms with Crippen LogP contribution in [0.25, 0.3) is 10.2 Å². The van der Waals surface area contributed by atoms with Crippen molar-refractivity contribution in [2.24, 2.45) is 5.10 Å². The number of rotatable bonds is 7. The number of hydrogen-bond donors (Lipinski definition) is 1. The molecule has 0 unspecified atom stereocenters. The van der Waals surface area contributed by atoms with Crippen molar-refractivity contribution in [3.05, 3.63) is 77.9 Å². The average Bonchev–Trinajstić information content (AvgIpc) is 3.22. The summed E-state index contributed by atoms with van der Waals surface area (Å²) in [6.07, 6.45) is 1.59. The van der Waals surface area contributed by atoms with Crippen LogP contribution in [-0.2, 0) is 0 Å². The standard InChI is InChI=1S/C29H31N3O4S/c1-28(2,3)35-21-13-11-19(12-14-21)26(33)34-24-16-15-22(36-29(4,5)6)17-20(24)18-30-32-27-31-23-9-7-8-10-25(23)37-27/h7-18H,1-6H3,(H,31,32)/b30-18+. The minimum Gasteiger partial charge on any atom is -0.488 e. The predicted octanol–water partition coefficient (Wildman–Crippen LogP) is 7.32. The van der Waals surface area contributed by atoms with Gasteiger partial charge in [0.25, 0.3) is 0 Å². The summed E-state index contributed by atoms with van der Waals surface area (Å²) < 4.78 is 18.6. The Kier molecular flexibility index (Phi) is 7.50. The first-order valence-corrected chi connectivity index (χ1v) is 12.8. The highest BCUT2D eigenvalue weighted by Crippen LogP contribution is 2.28. The molecule has 0 radical (unpaired) electrons.